The molecule has 0 spiro atoms. The summed E-state index contributed by atoms with van der Waals surface area (Å²) < 4.78 is 1.03. The lowest BCUT2D eigenvalue weighted by Gasteiger charge is -2.37. The molecule has 2 aromatic rings. The lowest BCUT2D eigenvalue weighted by atomic mass is 9.81. The lowest BCUT2D eigenvalue weighted by molar-refractivity contribution is -0.116. The number of fused-ring (bicyclic) bond motifs is 1. The molecule has 0 radical (unpaired) electrons. The van der Waals surface area contributed by atoms with Crippen LogP contribution in [0.3, 0.4) is 0 Å². The zero-order valence-electron chi connectivity index (χ0n) is 16.6. The van der Waals surface area contributed by atoms with E-state index in [4.69, 9.17) is 0 Å². The van der Waals surface area contributed by atoms with E-state index in [0.717, 1.165) is 29.5 Å². The van der Waals surface area contributed by atoms with Crippen molar-refractivity contribution in [2.45, 2.75) is 53.4 Å². The first-order chi connectivity index (χ1) is 12.5. The number of hydrogen-bond donors (Lipinski definition) is 0. The molecular weight excluding hydrogens is 386 g/mol. The SMILES string of the molecule is CC.CC(=O)N1CCC(C(C)C)c2cc(Cc3ccccc3)cc(Br)c21. The Kier molecular flexibility index (Phi) is 7.45. The normalized spacial score (nSPS) is 16.0. The standard InChI is InChI=1S/C21H24BrNO.C2H6/c1-14(2)18-9-10-23(15(3)24)21-19(18)12-17(13-20(21)22)11-16-7-5-4-6-8-16;1-2/h4-8,12-14,18H,9-11H2,1-3H3;1-2H3. The first kappa shape index (κ1) is 20.7. The van der Waals surface area contributed by atoms with Gasteiger partial charge in [-0.05, 0) is 63.4 Å². The molecule has 1 atom stereocenters. The molecule has 1 aliphatic heterocycles. The number of benzene rings is 2. The summed E-state index contributed by atoms with van der Waals surface area (Å²) in [5.74, 6) is 1.19. The van der Waals surface area contributed by atoms with Gasteiger partial charge in [0.25, 0.3) is 0 Å². The molecule has 0 N–H and O–H groups in total. The molecular formula is C23H30BrNO. The van der Waals surface area contributed by atoms with Gasteiger partial charge in [-0.2, -0.15) is 0 Å². The first-order valence-corrected chi connectivity index (χ1v) is 10.4. The van der Waals surface area contributed by atoms with Crippen LogP contribution in [-0.4, -0.2) is 12.5 Å². The molecule has 2 aromatic carbocycles. The van der Waals surface area contributed by atoms with Crippen molar-refractivity contribution in [2.24, 2.45) is 5.92 Å². The van der Waals surface area contributed by atoms with Crippen molar-refractivity contribution >= 4 is 27.5 Å². The molecule has 1 heterocycles. The predicted octanol–water partition coefficient (Wildman–Crippen LogP) is 6.56. The molecule has 2 nitrogen and oxygen atoms in total. The summed E-state index contributed by atoms with van der Waals surface area (Å²) in [6.45, 7) is 11.0. The highest BCUT2D eigenvalue weighted by Crippen LogP contribution is 2.44. The Hall–Kier alpha value is -1.61. The van der Waals surface area contributed by atoms with E-state index < -0.39 is 0 Å². The fourth-order valence-corrected chi connectivity index (χ4v) is 4.46. The minimum Gasteiger partial charge on any atom is -0.311 e. The fourth-order valence-electron chi connectivity index (χ4n) is 3.72. The molecule has 0 fully saturated rings. The van der Waals surface area contributed by atoms with E-state index in [1.807, 2.05) is 24.8 Å². The van der Waals surface area contributed by atoms with Crippen molar-refractivity contribution in [3.8, 4) is 0 Å². The predicted molar refractivity (Wildman–Crippen MR) is 115 cm³/mol. The van der Waals surface area contributed by atoms with Gasteiger partial charge < -0.3 is 4.90 Å². The number of halogens is 1. The molecule has 1 aliphatic rings. The van der Waals surface area contributed by atoms with Gasteiger partial charge in [0.2, 0.25) is 5.91 Å². The smallest absolute Gasteiger partial charge is 0.223 e. The highest BCUT2D eigenvalue weighted by atomic mass is 79.9. The van der Waals surface area contributed by atoms with E-state index in [9.17, 15) is 4.79 Å². The van der Waals surface area contributed by atoms with Gasteiger partial charge in [0.15, 0.2) is 0 Å². The van der Waals surface area contributed by atoms with Crippen LogP contribution in [0.1, 0.15) is 63.6 Å². The van der Waals surface area contributed by atoms with Crippen molar-refractivity contribution in [1.82, 2.24) is 0 Å². The van der Waals surface area contributed by atoms with Gasteiger partial charge in [-0.15, -0.1) is 0 Å². The second-order valence-electron chi connectivity index (χ2n) is 6.99. The van der Waals surface area contributed by atoms with Crippen molar-refractivity contribution in [3.63, 3.8) is 0 Å². The van der Waals surface area contributed by atoms with Crippen LogP contribution >= 0.6 is 15.9 Å². The molecule has 26 heavy (non-hydrogen) atoms. The summed E-state index contributed by atoms with van der Waals surface area (Å²) in [6, 6.07) is 15.0. The summed E-state index contributed by atoms with van der Waals surface area (Å²) in [7, 11) is 0. The van der Waals surface area contributed by atoms with Crippen LogP contribution < -0.4 is 4.90 Å². The Labute approximate surface area is 166 Å². The van der Waals surface area contributed by atoms with Crippen molar-refractivity contribution in [2.75, 3.05) is 11.4 Å². The van der Waals surface area contributed by atoms with Crippen molar-refractivity contribution < 1.29 is 4.79 Å². The average Bonchev–Trinajstić information content (AvgIpc) is 2.63. The molecule has 0 bridgehead atoms. The maximum atomic E-state index is 12.1. The van der Waals surface area contributed by atoms with Crippen LogP contribution in [0.5, 0.6) is 0 Å². The van der Waals surface area contributed by atoms with E-state index in [0.29, 0.717) is 11.8 Å². The maximum absolute atomic E-state index is 12.1. The topological polar surface area (TPSA) is 20.3 Å². The minimum atomic E-state index is 0.120. The molecule has 0 saturated carbocycles. The van der Waals surface area contributed by atoms with Crippen LogP contribution in [0, 0.1) is 5.92 Å². The molecule has 0 aromatic heterocycles. The Morgan fingerprint density at radius 3 is 2.38 bits per heavy atom. The van der Waals surface area contributed by atoms with Gasteiger partial charge >= 0.3 is 0 Å². The van der Waals surface area contributed by atoms with E-state index in [1.165, 1.54) is 16.7 Å². The molecule has 3 heteroatoms. The van der Waals surface area contributed by atoms with Gasteiger partial charge in [-0.1, -0.05) is 64.1 Å². The molecule has 0 aliphatic carbocycles. The number of carbonyl (C=O) groups excluding carboxylic acids is 1. The minimum absolute atomic E-state index is 0.120. The number of rotatable bonds is 3. The summed E-state index contributed by atoms with van der Waals surface area (Å²) in [4.78, 5) is 14.0. The zero-order valence-corrected chi connectivity index (χ0v) is 18.1. The maximum Gasteiger partial charge on any atom is 0.223 e. The second-order valence-corrected chi connectivity index (χ2v) is 7.84. The van der Waals surface area contributed by atoms with Gasteiger partial charge in [0, 0.05) is 17.9 Å². The fraction of sp³-hybridized carbons (Fsp3) is 0.435. The first-order valence-electron chi connectivity index (χ1n) is 9.61. The highest BCUT2D eigenvalue weighted by Gasteiger charge is 2.31. The van der Waals surface area contributed by atoms with Crippen LogP contribution in [0.15, 0.2) is 46.9 Å². The van der Waals surface area contributed by atoms with Gasteiger partial charge in [-0.3, -0.25) is 4.79 Å². The van der Waals surface area contributed by atoms with E-state index in [1.54, 1.807) is 6.92 Å². The Morgan fingerprint density at radius 1 is 1.15 bits per heavy atom. The second kappa shape index (κ2) is 9.36. The number of nitrogens with zero attached hydrogens (tertiary/aromatic N) is 1. The van der Waals surface area contributed by atoms with Crippen molar-refractivity contribution in [3.05, 3.63) is 63.6 Å². The number of amides is 1. The Bertz CT molecular complexity index is 739. The van der Waals surface area contributed by atoms with E-state index in [-0.39, 0.29) is 5.91 Å². The molecule has 1 amide bonds. The third kappa shape index (κ3) is 4.56. The molecule has 1 unspecified atom stereocenters. The van der Waals surface area contributed by atoms with Gasteiger partial charge in [-0.25, -0.2) is 0 Å². The lowest BCUT2D eigenvalue weighted by Crippen LogP contribution is -2.36. The Balaban J connectivity index is 0.00000117. The zero-order chi connectivity index (χ0) is 19.3. The van der Waals surface area contributed by atoms with Gasteiger partial charge in [0.1, 0.15) is 0 Å². The largest absolute Gasteiger partial charge is 0.311 e. The number of hydrogen-bond acceptors (Lipinski definition) is 1. The van der Waals surface area contributed by atoms with Crippen LogP contribution in [0.4, 0.5) is 5.69 Å². The number of anilines is 1. The third-order valence-electron chi connectivity index (χ3n) is 4.92. The molecule has 0 saturated heterocycles. The summed E-state index contributed by atoms with van der Waals surface area (Å²) in [5, 5.41) is 0. The van der Waals surface area contributed by atoms with Crippen LogP contribution in [0.2, 0.25) is 0 Å². The number of carbonyl (C=O) groups is 1. The molecule has 140 valence electrons. The molecule has 3 rings (SSSR count). The average molecular weight is 416 g/mol. The van der Waals surface area contributed by atoms with Crippen LogP contribution in [0.25, 0.3) is 0 Å². The quantitative estimate of drug-likeness (QED) is 0.555. The van der Waals surface area contributed by atoms with Crippen molar-refractivity contribution in [1.29, 1.82) is 0 Å². The highest BCUT2D eigenvalue weighted by molar-refractivity contribution is 9.10. The Morgan fingerprint density at radius 2 is 1.81 bits per heavy atom. The summed E-state index contributed by atoms with van der Waals surface area (Å²) >= 11 is 3.74. The van der Waals surface area contributed by atoms with Gasteiger partial charge in [0.05, 0.1) is 5.69 Å². The van der Waals surface area contributed by atoms with Crippen LogP contribution in [-0.2, 0) is 11.2 Å². The monoisotopic (exact) mass is 415 g/mol. The summed E-state index contributed by atoms with van der Waals surface area (Å²) in [5.41, 5.74) is 4.99. The van der Waals surface area contributed by atoms with E-state index >= 15 is 0 Å². The third-order valence-corrected chi connectivity index (χ3v) is 5.53. The summed E-state index contributed by atoms with van der Waals surface area (Å²) in [6.07, 6.45) is 1.95. The van der Waals surface area contributed by atoms with E-state index in [2.05, 4.69) is 66.2 Å².